The van der Waals surface area contributed by atoms with Gasteiger partial charge in [-0.05, 0) is 12.8 Å². The first-order valence-corrected chi connectivity index (χ1v) is 8.55. The van der Waals surface area contributed by atoms with Gasteiger partial charge >= 0.3 is 23.0 Å². The van der Waals surface area contributed by atoms with Crippen LogP contribution >= 0.6 is 0 Å². The molecule has 144 valence electrons. The third kappa shape index (κ3) is 3.35. The van der Waals surface area contributed by atoms with Crippen molar-refractivity contribution in [3.8, 4) is 0 Å². The summed E-state index contributed by atoms with van der Waals surface area (Å²) < 4.78 is 130. The van der Waals surface area contributed by atoms with E-state index < -0.39 is 53.1 Å². The smallest absolute Gasteiger partial charge is 0.206 e. The summed E-state index contributed by atoms with van der Waals surface area (Å²) in [6.07, 6.45) is 1.71. The van der Waals surface area contributed by atoms with Crippen LogP contribution in [0.25, 0.3) is 0 Å². The van der Waals surface area contributed by atoms with Gasteiger partial charge in [0.15, 0.2) is 0 Å². The number of sulfonamides is 1. The van der Waals surface area contributed by atoms with Crippen molar-refractivity contribution in [1.29, 1.82) is 0 Å². The van der Waals surface area contributed by atoms with Gasteiger partial charge in [0, 0.05) is 20.0 Å². The SMILES string of the molecule is CC(F)(F)C(F)(F)C(F)(F)C(F)(F)S(=O)(=O)N1CCCCCCC1. The number of halogens is 8. The van der Waals surface area contributed by atoms with Crippen LogP contribution in [-0.4, -0.2) is 48.8 Å². The summed E-state index contributed by atoms with van der Waals surface area (Å²) in [5.41, 5.74) is 0. The minimum absolute atomic E-state index is 0.0239. The molecular weight excluding hydrogens is 374 g/mol. The Hall–Kier alpha value is -0.650. The number of hydrogen-bond acceptors (Lipinski definition) is 2. The second-order valence-corrected chi connectivity index (χ2v) is 7.71. The van der Waals surface area contributed by atoms with Crippen molar-refractivity contribution in [1.82, 2.24) is 4.31 Å². The van der Waals surface area contributed by atoms with E-state index in [1.54, 1.807) is 0 Å². The summed E-state index contributed by atoms with van der Waals surface area (Å²) in [6.45, 7) is -1.82. The monoisotopic (exact) mass is 391 g/mol. The van der Waals surface area contributed by atoms with E-state index in [0.29, 0.717) is 19.3 Å². The topological polar surface area (TPSA) is 37.4 Å². The molecular formula is C12H17F8NO2S. The maximum Gasteiger partial charge on any atom is 0.427 e. The van der Waals surface area contributed by atoms with Crippen LogP contribution in [0.1, 0.15) is 39.0 Å². The number of alkyl halides is 8. The van der Waals surface area contributed by atoms with Crippen LogP contribution in [0.2, 0.25) is 0 Å². The zero-order valence-electron chi connectivity index (χ0n) is 12.6. The van der Waals surface area contributed by atoms with Gasteiger partial charge in [0.05, 0.1) is 0 Å². The molecule has 0 saturated carbocycles. The molecule has 1 aliphatic rings. The Morgan fingerprint density at radius 1 is 0.708 bits per heavy atom. The van der Waals surface area contributed by atoms with Crippen molar-refractivity contribution >= 4 is 10.0 Å². The van der Waals surface area contributed by atoms with Crippen molar-refractivity contribution in [3.05, 3.63) is 0 Å². The first kappa shape index (κ1) is 21.4. The van der Waals surface area contributed by atoms with E-state index in [2.05, 4.69) is 0 Å². The molecule has 1 fully saturated rings. The van der Waals surface area contributed by atoms with Gasteiger partial charge in [0.25, 0.3) is 10.0 Å². The fourth-order valence-corrected chi connectivity index (χ4v) is 3.76. The molecule has 12 heteroatoms. The summed E-state index contributed by atoms with van der Waals surface area (Å²) in [5, 5.41) is -6.39. The molecule has 0 spiro atoms. The third-order valence-corrected chi connectivity index (χ3v) is 5.74. The van der Waals surface area contributed by atoms with Gasteiger partial charge in [-0.15, -0.1) is 0 Å². The molecule has 1 heterocycles. The average Bonchev–Trinajstić information content (AvgIpc) is 2.35. The summed E-state index contributed by atoms with van der Waals surface area (Å²) >= 11 is 0. The lowest BCUT2D eigenvalue weighted by Gasteiger charge is -2.37. The van der Waals surface area contributed by atoms with E-state index in [1.165, 1.54) is 0 Å². The molecule has 0 aliphatic carbocycles. The lowest BCUT2D eigenvalue weighted by Crippen LogP contribution is -2.65. The van der Waals surface area contributed by atoms with Gasteiger partial charge in [-0.1, -0.05) is 19.3 Å². The summed E-state index contributed by atoms with van der Waals surface area (Å²) in [4.78, 5) is 0. The maximum absolute atomic E-state index is 13.8. The van der Waals surface area contributed by atoms with Crippen LogP contribution in [0.4, 0.5) is 35.1 Å². The van der Waals surface area contributed by atoms with E-state index in [1.807, 2.05) is 0 Å². The van der Waals surface area contributed by atoms with Crippen LogP contribution in [0, 0.1) is 0 Å². The van der Waals surface area contributed by atoms with Crippen LogP contribution in [0.3, 0.4) is 0 Å². The Balaban J connectivity index is 3.28. The van der Waals surface area contributed by atoms with Crippen molar-refractivity contribution in [2.75, 3.05) is 13.1 Å². The Labute approximate surface area is 134 Å². The zero-order valence-corrected chi connectivity index (χ0v) is 13.5. The quantitative estimate of drug-likeness (QED) is 0.662. The Morgan fingerprint density at radius 2 is 1.08 bits per heavy atom. The zero-order chi connectivity index (χ0) is 19.0. The molecule has 24 heavy (non-hydrogen) atoms. The summed E-state index contributed by atoms with van der Waals surface area (Å²) in [7, 11) is -6.27. The fourth-order valence-electron chi connectivity index (χ4n) is 2.24. The van der Waals surface area contributed by atoms with Gasteiger partial charge in [0.1, 0.15) is 0 Å². The van der Waals surface area contributed by atoms with E-state index in [-0.39, 0.29) is 17.1 Å². The van der Waals surface area contributed by atoms with E-state index in [4.69, 9.17) is 0 Å². The van der Waals surface area contributed by atoms with Crippen LogP contribution in [0.15, 0.2) is 0 Å². The lowest BCUT2D eigenvalue weighted by atomic mass is 10.1. The highest BCUT2D eigenvalue weighted by atomic mass is 32.2. The Bertz CT molecular complexity index is 536. The molecule has 0 aromatic carbocycles. The molecule has 0 radical (unpaired) electrons. The molecule has 0 aromatic heterocycles. The second kappa shape index (κ2) is 6.58. The molecule has 0 unspecified atom stereocenters. The van der Waals surface area contributed by atoms with Gasteiger partial charge < -0.3 is 0 Å². The van der Waals surface area contributed by atoms with Crippen molar-refractivity contribution in [2.24, 2.45) is 0 Å². The molecule has 0 aromatic rings. The molecule has 1 aliphatic heterocycles. The van der Waals surface area contributed by atoms with E-state index >= 15 is 0 Å². The number of hydrogen-bond donors (Lipinski definition) is 0. The van der Waals surface area contributed by atoms with Gasteiger partial charge in [0.2, 0.25) is 0 Å². The highest BCUT2D eigenvalue weighted by molar-refractivity contribution is 7.90. The molecule has 0 atom stereocenters. The average molecular weight is 391 g/mol. The Morgan fingerprint density at radius 3 is 1.46 bits per heavy atom. The first-order chi connectivity index (χ1) is 10.6. The summed E-state index contributed by atoms with van der Waals surface area (Å²) in [6, 6.07) is 0. The number of nitrogens with zero attached hydrogens (tertiary/aromatic N) is 1. The molecule has 0 bridgehead atoms. The Kier molecular flexibility index (Phi) is 5.86. The molecule has 3 nitrogen and oxygen atoms in total. The van der Waals surface area contributed by atoms with E-state index in [9.17, 15) is 43.5 Å². The predicted octanol–water partition coefficient (Wildman–Crippen LogP) is 4.10. The normalized spacial score (nSPS) is 20.5. The molecule has 1 saturated heterocycles. The maximum atomic E-state index is 13.8. The van der Waals surface area contributed by atoms with Crippen molar-refractivity contribution in [3.63, 3.8) is 0 Å². The predicted molar refractivity (Wildman–Crippen MR) is 69.0 cm³/mol. The van der Waals surface area contributed by atoms with Crippen LogP contribution < -0.4 is 0 Å². The molecule has 1 rings (SSSR count). The fraction of sp³-hybridized carbons (Fsp3) is 1.00. The van der Waals surface area contributed by atoms with E-state index in [0.717, 1.165) is 0 Å². The highest BCUT2D eigenvalue weighted by Gasteiger charge is 2.83. The number of rotatable bonds is 5. The molecule has 0 N–H and O–H groups in total. The second-order valence-electron chi connectivity index (χ2n) is 5.73. The van der Waals surface area contributed by atoms with Crippen LogP contribution in [0.5, 0.6) is 0 Å². The van der Waals surface area contributed by atoms with Crippen LogP contribution in [-0.2, 0) is 10.0 Å². The summed E-state index contributed by atoms with van der Waals surface area (Å²) in [5.74, 6) is -18.9. The first-order valence-electron chi connectivity index (χ1n) is 7.11. The van der Waals surface area contributed by atoms with Gasteiger partial charge in [-0.2, -0.15) is 39.4 Å². The minimum atomic E-state index is -6.79. The van der Waals surface area contributed by atoms with Gasteiger partial charge in [-0.25, -0.2) is 8.42 Å². The molecule has 0 amide bonds. The highest BCUT2D eigenvalue weighted by Crippen LogP contribution is 2.54. The standard InChI is InChI=1S/C12H17F8NO2S/c1-9(13,14)10(15,16)11(17,18)12(19,20)24(22,23)21-7-5-3-2-4-6-8-21/h2-8H2,1H3. The van der Waals surface area contributed by atoms with Gasteiger partial charge in [-0.3, -0.25) is 0 Å². The minimum Gasteiger partial charge on any atom is -0.206 e. The van der Waals surface area contributed by atoms with Crippen molar-refractivity contribution in [2.45, 2.75) is 62.0 Å². The third-order valence-electron chi connectivity index (χ3n) is 3.79. The van der Waals surface area contributed by atoms with Crippen molar-refractivity contribution < 1.29 is 43.5 Å². The largest absolute Gasteiger partial charge is 0.427 e. The lowest BCUT2D eigenvalue weighted by molar-refractivity contribution is -0.343.